The molecule has 0 amide bonds. The molecule has 0 saturated heterocycles. The molecular formula is C15H17NO3S. The van der Waals surface area contributed by atoms with Gasteiger partial charge in [0.25, 0.3) is 0 Å². The van der Waals surface area contributed by atoms with Crippen molar-refractivity contribution in [3.8, 4) is 5.75 Å². The van der Waals surface area contributed by atoms with Crippen LogP contribution in [-0.4, -0.2) is 25.0 Å². The number of hydrogen-bond donors (Lipinski definition) is 0. The van der Waals surface area contributed by atoms with E-state index in [-0.39, 0.29) is 5.78 Å². The fourth-order valence-electron chi connectivity index (χ4n) is 2.00. The lowest BCUT2D eigenvalue weighted by Gasteiger charge is -2.05. The minimum atomic E-state index is 0.0285. The molecule has 0 aliphatic rings. The zero-order chi connectivity index (χ0) is 14.5. The molecule has 1 heterocycles. The van der Waals surface area contributed by atoms with E-state index in [0.29, 0.717) is 17.9 Å². The summed E-state index contributed by atoms with van der Waals surface area (Å²) in [6.45, 7) is 1.91. The predicted octanol–water partition coefficient (Wildman–Crippen LogP) is 3.09. The maximum atomic E-state index is 11.6. The molecule has 2 rings (SSSR count). The van der Waals surface area contributed by atoms with Crippen molar-refractivity contribution in [1.82, 2.24) is 4.98 Å². The van der Waals surface area contributed by atoms with Gasteiger partial charge in [-0.05, 0) is 6.07 Å². The molecule has 0 aliphatic carbocycles. The molecule has 1 aromatic carbocycles. The van der Waals surface area contributed by atoms with Crippen molar-refractivity contribution < 1.29 is 14.3 Å². The number of ether oxygens (including phenoxy) is 2. The fourth-order valence-corrected chi connectivity index (χ4v) is 2.98. The number of rotatable bonds is 6. The lowest BCUT2D eigenvalue weighted by molar-refractivity contribution is 0.101. The first-order valence-electron chi connectivity index (χ1n) is 6.26. The van der Waals surface area contributed by atoms with E-state index in [9.17, 15) is 4.79 Å². The molecule has 5 heteroatoms. The third kappa shape index (κ3) is 3.23. The van der Waals surface area contributed by atoms with Crippen LogP contribution in [0.1, 0.15) is 32.9 Å². The zero-order valence-corrected chi connectivity index (χ0v) is 12.6. The fraction of sp³-hybridized carbons (Fsp3) is 0.333. The molecule has 1 aromatic heterocycles. The zero-order valence-electron chi connectivity index (χ0n) is 11.8. The second kappa shape index (κ2) is 6.63. The molecule has 20 heavy (non-hydrogen) atoms. The SMILES string of the molecule is COCc1nc(Cc2ccccc2OC)sc1C(C)=O. The number of carbonyl (C=O) groups excluding carboxylic acids is 1. The first-order valence-corrected chi connectivity index (χ1v) is 7.07. The van der Waals surface area contributed by atoms with Gasteiger partial charge in [0.05, 0.1) is 29.3 Å². The molecular weight excluding hydrogens is 274 g/mol. The van der Waals surface area contributed by atoms with Gasteiger partial charge in [-0.25, -0.2) is 4.98 Å². The third-order valence-corrected chi connectivity index (χ3v) is 4.08. The smallest absolute Gasteiger partial charge is 0.171 e. The maximum Gasteiger partial charge on any atom is 0.171 e. The van der Waals surface area contributed by atoms with Gasteiger partial charge >= 0.3 is 0 Å². The van der Waals surface area contributed by atoms with Crippen LogP contribution < -0.4 is 4.74 Å². The Kier molecular flexibility index (Phi) is 4.87. The number of carbonyl (C=O) groups is 1. The standard InChI is InChI=1S/C15H17NO3S/c1-10(17)15-12(9-18-2)16-14(20-15)8-11-6-4-5-7-13(11)19-3/h4-7H,8-9H2,1-3H3. The summed E-state index contributed by atoms with van der Waals surface area (Å²) in [5.41, 5.74) is 1.78. The highest BCUT2D eigenvalue weighted by Crippen LogP contribution is 2.26. The minimum Gasteiger partial charge on any atom is -0.496 e. The Morgan fingerprint density at radius 3 is 2.70 bits per heavy atom. The number of thiazole rings is 1. The van der Waals surface area contributed by atoms with Gasteiger partial charge in [0, 0.05) is 26.0 Å². The highest BCUT2D eigenvalue weighted by Gasteiger charge is 2.15. The second-order valence-electron chi connectivity index (χ2n) is 4.36. The average molecular weight is 291 g/mol. The Balaban J connectivity index is 2.29. The Morgan fingerprint density at radius 2 is 2.05 bits per heavy atom. The summed E-state index contributed by atoms with van der Waals surface area (Å²) < 4.78 is 10.4. The first-order chi connectivity index (χ1) is 9.65. The van der Waals surface area contributed by atoms with E-state index < -0.39 is 0 Å². The Labute approximate surface area is 122 Å². The van der Waals surface area contributed by atoms with Gasteiger partial charge in [-0.2, -0.15) is 0 Å². The van der Waals surface area contributed by atoms with Gasteiger partial charge in [0.15, 0.2) is 5.78 Å². The van der Waals surface area contributed by atoms with Crippen molar-refractivity contribution in [2.75, 3.05) is 14.2 Å². The average Bonchev–Trinajstić information content (AvgIpc) is 2.83. The Bertz CT molecular complexity index is 607. The van der Waals surface area contributed by atoms with Crippen molar-refractivity contribution in [2.45, 2.75) is 20.0 Å². The molecule has 2 aromatic rings. The maximum absolute atomic E-state index is 11.6. The number of para-hydroxylation sites is 1. The quantitative estimate of drug-likeness (QED) is 0.767. The molecule has 0 radical (unpaired) electrons. The molecule has 0 bridgehead atoms. The van der Waals surface area contributed by atoms with E-state index in [0.717, 1.165) is 22.0 Å². The van der Waals surface area contributed by atoms with Crippen molar-refractivity contribution in [2.24, 2.45) is 0 Å². The summed E-state index contributed by atoms with van der Waals surface area (Å²) in [6.07, 6.45) is 0.651. The molecule has 0 unspecified atom stereocenters. The summed E-state index contributed by atoms with van der Waals surface area (Å²) in [5.74, 6) is 0.862. The van der Waals surface area contributed by atoms with Crippen LogP contribution in [0.25, 0.3) is 0 Å². The summed E-state index contributed by atoms with van der Waals surface area (Å²) in [6, 6.07) is 7.82. The number of methoxy groups -OCH3 is 2. The number of aromatic nitrogens is 1. The van der Waals surface area contributed by atoms with Gasteiger partial charge in [-0.1, -0.05) is 18.2 Å². The van der Waals surface area contributed by atoms with Gasteiger partial charge in [0.2, 0.25) is 0 Å². The van der Waals surface area contributed by atoms with Crippen LogP contribution in [0.15, 0.2) is 24.3 Å². The van der Waals surface area contributed by atoms with Crippen molar-refractivity contribution in [1.29, 1.82) is 0 Å². The first kappa shape index (κ1) is 14.7. The summed E-state index contributed by atoms with van der Waals surface area (Å²) >= 11 is 1.43. The van der Waals surface area contributed by atoms with Crippen molar-refractivity contribution >= 4 is 17.1 Å². The van der Waals surface area contributed by atoms with E-state index in [1.165, 1.54) is 11.3 Å². The van der Waals surface area contributed by atoms with E-state index in [1.54, 1.807) is 21.1 Å². The van der Waals surface area contributed by atoms with Crippen LogP contribution in [0.3, 0.4) is 0 Å². The predicted molar refractivity (Wildman–Crippen MR) is 78.6 cm³/mol. The summed E-state index contributed by atoms with van der Waals surface area (Å²) in [5, 5.41) is 0.895. The van der Waals surface area contributed by atoms with Crippen LogP contribution >= 0.6 is 11.3 Å². The molecule has 0 N–H and O–H groups in total. The van der Waals surface area contributed by atoms with E-state index in [2.05, 4.69) is 4.98 Å². The van der Waals surface area contributed by atoms with Crippen molar-refractivity contribution in [3.05, 3.63) is 45.4 Å². The number of benzene rings is 1. The van der Waals surface area contributed by atoms with Gasteiger partial charge in [-0.3, -0.25) is 4.79 Å². The van der Waals surface area contributed by atoms with Crippen LogP contribution in [0.2, 0.25) is 0 Å². The molecule has 0 atom stereocenters. The monoisotopic (exact) mass is 291 g/mol. The van der Waals surface area contributed by atoms with E-state index in [4.69, 9.17) is 9.47 Å². The van der Waals surface area contributed by atoms with E-state index in [1.807, 2.05) is 24.3 Å². The summed E-state index contributed by atoms with van der Waals surface area (Å²) in [4.78, 5) is 16.8. The molecule has 106 valence electrons. The highest BCUT2D eigenvalue weighted by atomic mass is 32.1. The Hall–Kier alpha value is -1.72. The van der Waals surface area contributed by atoms with Crippen LogP contribution in [0.4, 0.5) is 0 Å². The van der Waals surface area contributed by atoms with Crippen LogP contribution in [0.5, 0.6) is 5.75 Å². The number of hydrogen-bond acceptors (Lipinski definition) is 5. The van der Waals surface area contributed by atoms with Gasteiger partial charge in [0.1, 0.15) is 5.75 Å². The second-order valence-corrected chi connectivity index (χ2v) is 5.44. The van der Waals surface area contributed by atoms with Crippen LogP contribution in [0, 0.1) is 0 Å². The number of ketones is 1. The molecule has 0 fully saturated rings. The molecule has 0 saturated carbocycles. The van der Waals surface area contributed by atoms with E-state index >= 15 is 0 Å². The molecule has 0 spiro atoms. The number of nitrogens with zero attached hydrogens (tertiary/aromatic N) is 1. The largest absolute Gasteiger partial charge is 0.496 e. The van der Waals surface area contributed by atoms with Crippen LogP contribution in [-0.2, 0) is 17.8 Å². The van der Waals surface area contributed by atoms with Gasteiger partial charge in [-0.15, -0.1) is 11.3 Å². The molecule has 0 aliphatic heterocycles. The number of Topliss-reactive ketones (excluding diaryl/α,β-unsaturated/α-hetero) is 1. The highest BCUT2D eigenvalue weighted by molar-refractivity contribution is 7.13. The van der Waals surface area contributed by atoms with Crippen molar-refractivity contribution in [3.63, 3.8) is 0 Å². The van der Waals surface area contributed by atoms with Gasteiger partial charge < -0.3 is 9.47 Å². The summed E-state index contributed by atoms with van der Waals surface area (Å²) in [7, 11) is 3.25. The lowest BCUT2D eigenvalue weighted by atomic mass is 10.1. The lowest BCUT2D eigenvalue weighted by Crippen LogP contribution is -1.97. The molecule has 4 nitrogen and oxygen atoms in total. The minimum absolute atomic E-state index is 0.0285. The third-order valence-electron chi connectivity index (χ3n) is 2.88. The Morgan fingerprint density at radius 1 is 1.30 bits per heavy atom. The normalized spacial score (nSPS) is 10.6. The topological polar surface area (TPSA) is 48.4 Å².